The van der Waals surface area contributed by atoms with Crippen molar-refractivity contribution in [3.05, 3.63) is 81.6 Å². The van der Waals surface area contributed by atoms with Gasteiger partial charge in [-0.05, 0) is 47.5 Å². The topological polar surface area (TPSA) is 109 Å². The number of methoxy groups -OCH3 is 1. The zero-order valence-corrected chi connectivity index (χ0v) is 19.9. The van der Waals surface area contributed by atoms with Gasteiger partial charge in [0.1, 0.15) is 6.67 Å². The standard InChI is InChI=1S/C22H22BrN7O3/c1-14-20(23)15(2)30(26-14)13-28-9-8-19(27-28)21(31)25-17-10-24-29(12-17)11-16-6-4-5-7-18(16)22(32)33-3/h4-10,12H,11,13H2,1-3H3,(H,25,31). The minimum absolute atomic E-state index is 0.277. The summed E-state index contributed by atoms with van der Waals surface area (Å²) < 4.78 is 10.9. The molecule has 3 aromatic heterocycles. The largest absolute Gasteiger partial charge is 0.465 e. The number of halogens is 1. The molecule has 0 aliphatic heterocycles. The van der Waals surface area contributed by atoms with Crippen molar-refractivity contribution < 1.29 is 14.3 Å². The summed E-state index contributed by atoms with van der Waals surface area (Å²) in [6, 6.07) is 8.80. The number of hydrogen-bond acceptors (Lipinski definition) is 6. The molecule has 0 aliphatic rings. The van der Waals surface area contributed by atoms with Crippen LogP contribution in [0.4, 0.5) is 5.69 Å². The zero-order chi connectivity index (χ0) is 23.5. The molecule has 11 heteroatoms. The summed E-state index contributed by atoms with van der Waals surface area (Å²) in [6.07, 6.45) is 4.96. The second-order valence-corrected chi connectivity index (χ2v) is 8.19. The van der Waals surface area contributed by atoms with E-state index in [2.05, 4.69) is 36.5 Å². The number of amides is 1. The van der Waals surface area contributed by atoms with E-state index in [1.54, 1.807) is 46.2 Å². The molecule has 1 amide bonds. The molecule has 0 radical (unpaired) electrons. The third-order valence-corrected chi connectivity index (χ3v) is 6.24. The second kappa shape index (κ2) is 9.41. The quantitative estimate of drug-likeness (QED) is 0.381. The van der Waals surface area contributed by atoms with E-state index in [0.29, 0.717) is 24.5 Å². The SMILES string of the molecule is COC(=O)c1ccccc1Cn1cc(NC(=O)c2ccn(Cn3nc(C)c(Br)c3C)n2)cn1. The molecule has 1 aromatic carbocycles. The first-order chi connectivity index (χ1) is 15.9. The smallest absolute Gasteiger partial charge is 0.338 e. The molecule has 0 fully saturated rings. The van der Waals surface area contributed by atoms with Gasteiger partial charge in [0.25, 0.3) is 5.91 Å². The van der Waals surface area contributed by atoms with Gasteiger partial charge in [-0.2, -0.15) is 15.3 Å². The van der Waals surface area contributed by atoms with E-state index in [4.69, 9.17) is 4.74 Å². The molecule has 10 nitrogen and oxygen atoms in total. The summed E-state index contributed by atoms with van der Waals surface area (Å²) in [5.41, 5.74) is 3.91. The van der Waals surface area contributed by atoms with Crippen LogP contribution in [0.2, 0.25) is 0 Å². The van der Waals surface area contributed by atoms with Crippen LogP contribution in [0.3, 0.4) is 0 Å². The van der Waals surface area contributed by atoms with Crippen molar-refractivity contribution in [3.63, 3.8) is 0 Å². The Bertz CT molecular complexity index is 1320. The lowest BCUT2D eigenvalue weighted by atomic mass is 10.1. The van der Waals surface area contributed by atoms with E-state index >= 15 is 0 Å². The number of ether oxygens (including phenoxy) is 1. The summed E-state index contributed by atoms with van der Waals surface area (Å²) in [5, 5.41) is 15.9. The number of nitrogens with zero attached hydrogens (tertiary/aromatic N) is 6. The highest BCUT2D eigenvalue weighted by atomic mass is 79.9. The first-order valence-electron chi connectivity index (χ1n) is 10.1. The van der Waals surface area contributed by atoms with Crippen molar-refractivity contribution >= 4 is 33.5 Å². The van der Waals surface area contributed by atoms with Crippen LogP contribution in [0, 0.1) is 13.8 Å². The summed E-state index contributed by atoms with van der Waals surface area (Å²) in [5.74, 6) is -0.757. The normalized spacial score (nSPS) is 10.9. The van der Waals surface area contributed by atoms with Crippen LogP contribution in [0.5, 0.6) is 0 Å². The van der Waals surface area contributed by atoms with Crippen LogP contribution in [0.1, 0.15) is 37.8 Å². The number of benzene rings is 1. The van der Waals surface area contributed by atoms with Crippen molar-refractivity contribution in [2.45, 2.75) is 27.1 Å². The molecule has 0 atom stereocenters. The Morgan fingerprint density at radius 2 is 1.91 bits per heavy atom. The van der Waals surface area contributed by atoms with E-state index in [0.717, 1.165) is 21.4 Å². The molecule has 0 saturated heterocycles. The number of aromatic nitrogens is 6. The van der Waals surface area contributed by atoms with Gasteiger partial charge in [0.2, 0.25) is 0 Å². The van der Waals surface area contributed by atoms with Crippen molar-refractivity contribution in [3.8, 4) is 0 Å². The van der Waals surface area contributed by atoms with Crippen molar-refractivity contribution in [2.24, 2.45) is 0 Å². The highest BCUT2D eigenvalue weighted by Gasteiger charge is 2.15. The number of carbonyl (C=O) groups is 2. The van der Waals surface area contributed by atoms with E-state index in [-0.39, 0.29) is 11.6 Å². The first-order valence-corrected chi connectivity index (χ1v) is 10.9. The van der Waals surface area contributed by atoms with E-state index < -0.39 is 5.97 Å². The number of anilines is 1. The fourth-order valence-corrected chi connectivity index (χ4v) is 3.65. The van der Waals surface area contributed by atoms with E-state index in [1.807, 2.05) is 30.7 Å². The molecule has 0 aliphatic carbocycles. The fraction of sp³-hybridized carbons (Fsp3) is 0.227. The van der Waals surface area contributed by atoms with Gasteiger partial charge in [-0.3, -0.25) is 14.2 Å². The predicted molar refractivity (Wildman–Crippen MR) is 124 cm³/mol. The van der Waals surface area contributed by atoms with Crippen LogP contribution < -0.4 is 5.32 Å². The van der Waals surface area contributed by atoms with Crippen molar-refractivity contribution in [1.82, 2.24) is 29.3 Å². The molecule has 3 heterocycles. The minimum atomic E-state index is -0.408. The van der Waals surface area contributed by atoms with Crippen LogP contribution in [0.25, 0.3) is 0 Å². The summed E-state index contributed by atoms with van der Waals surface area (Å²) in [7, 11) is 1.35. The van der Waals surface area contributed by atoms with Crippen molar-refractivity contribution in [1.29, 1.82) is 0 Å². The third-order valence-electron chi connectivity index (χ3n) is 5.09. The number of rotatable bonds is 7. The Morgan fingerprint density at radius 1 is 1.12 bits per heavy atom. The molecular weight excluding hydrogens is 490 g/mol. The van der Waals surface area contributed by atoms with Gasteiger partial charge in [-0.25, -0.2) is 9.48 Å². The Morgan fingerprint density at radius 3 is 2.64 bits per heavy atom. The van der Waals surface area contributed by atoms with Crippen molar-refractivity contribution in [2.75, 3.05) is 12.4 Å². The zero-order valence-electron chi connectivity index (χ0n) is 18.3. The van der Waals surface area contributed by atoms with Crippen LogP contribution in [-0.4, -0.2) is 48.3 Å². The highest BCUT2D eigenvalue weighted by Crippen LogP contribution is 2.20. The van der Waals surface area contributed by atoms with Gasteiger partial charge in [0.05, 0.1) is 47.0 Å². The number of esters is 1. The summed E-state index contributed by atoms with van der Waals surface area (Å²) in [6.45, 7) is 4.63. The van der Waals surface area contributed by atoms with Gasteiger partial charge >= 0.3 is 5.97 Å². The lowest BCUT2D eigenvalue weighted by Crippen LogP contribution is -2.15. The van der Waals surface area contributed by atoms with Gasteiger partial charge < -0.3 is 10.1 Å². The van der Waals surface area contributed by atoms with Gasteiger partial charge in [0.15, 0.2) is 5.69 Å². The van der Waals surface area contributed by atoms with Crippen LogP contribution in [0.15, 0.2) is 53.4 Å². The molecule has 4 rings (SSSR count). The predicted octanol–water partition coefficient (Wildman–Crippen LogP) is 3.25. The summed E-state index contributed by atoms with van der Waals surface area (Å²) >= 11 is 3.51. The molecule has 1 N–H and O–H groups in total. The molecule has 33 heavy (non-hydrogen) atoms. The Kier molecular flexibility index (Phi) is 6.40. The molecule has 0 bridgehead atoms. The molecule has 0 unspecified atom stereocenters. The third kappa shape index (κ3) is 4.87. The second-order valence-electron chi connectivity index (χ2n) is 7.40. The molecule has 0 spiro atoms. The minimum Gasteiger partial charge on any atom is -0.465 e. The number of carbonyl (C=O) groups excluding carboxylic acids is 2. The lowest BCUT2D eigenvalue weighted by molar-refractivity contribution is 0.0599. The van der Waals surface area contributed by atoms with E-state index in [1.165, 1.54) is 7.11 Å². The maximum Gasteiger partial charge on any atom is 0.338 e. The average molecular weight is 512 g/mol. The molecular formula is C22H22BrN7O3. The number of nitrogens with one attached hydrogen (secondary N) is 1. The average Bonchev–Trinajstić information content (AvgIpc) is 3.51. The molecule has 4 aromatic rings. The van der Waals surface area contributed by atoms with Gasteiger partial charge in [-0.1, -0.05) is 18.2 Å². The molecule has 170 valence electrons. The maximum atomic E-state index is 12.6. The monoisotopic (exact) mass is 511 g/mol. The lowest BCUT2D eigenvalue weighted by Gasteiger charge is -2.07. The van der Waals surface area contributed by atoms with Crippen LogP contribution >= 0.6 is 15.9 Å². The number of aryl methyl sites for hydroxylation is 1. The fourth-order valence-electron chi connectivity index (χ4n) is 3.36. The Labute approximate surface area is 198 Å². The highest BCUT2D eigenvalue weighted by molar-refractivity contribution is 9.10. The Balaban J connectivity index is 1.41. The van der Waals surface area contributed by atoms with Crippen LogP contribution in [-0.2, 0) is 18.0 Å². The Hall–Kier alpha value is -3.73. The van der Waals surface area contributed by atoms with Gasteiger partial charge in [-0.15, -0.1) is 0 Å². The number of hydrogen-bond donors (Lipinski definition) is 1. The maximum absolute atomic E-state index is 12.6. The van der Waals surface area contributed by atoms with Gasteiger partial charge in [0, 0.05) is 12.4 Å². The van der Waals surface area contributed by atoms with E-state index in [9.17, 15) is 9.59 Å². The molecule has 0 saturated carbocycles. The summed E-state index contributed by atoms with van der Waals surface area (Å²) in [4.78, 5) is 24.6. The first kappa shape index (κ1) is 22.5.